The van der Waals surface area contributed by atoms with E-state index in [1.807, 2.05) is 0 Å². The Morgan fingerprint density at radius 3 is 2.75 bits per heavy atom. The first-order valence-corrected chi connectivity index (χ1v) is 3.40. The fraction of sp³-hybridized carbons (Fsp3) is 0.600. The molecule has 0 amide bonds. The van der Waals surface area contributed by atoms with E-state index >= 15 is 0 Å². The second-order valence-corrected chi connectivity index (χ2v) is 2.28. The fourth-order valence-corrected chi connectivity index (χ4v) is 0.544. The van der Waals surface area contributed by atoms with Gasteiger partial charge in [-0.1, -0.05) is 0 Å². The van der Waals surface area contributed by atoms with E-state index < -0.39 is 12.0 Å². The normalized spacial score (nSPS) is 14.0. The van der Waals surface area contributed by atoms with E-state index in [0.29, 0.717) is 13.0 Å². The van der Waals surface area contributed by atoms with Gasteiger partial charge >= 0.3 is 11.9 Å². The van der Waals surface area contributed by atoms with Crippen LogP contribution < -0.4 is 21.9 Å². The maximum Gasteiger partial charge on any atom is 0.369 e. The van der Waals surface area contributed by atoms with E-state index in [2.05, 4.69) is 10.7 Å². The van der Waals surface area contributed by atoms with Gasteiger partial charge in [-0.05, 0) is 0 Å². The second kappa shape index (κ2) is 5.33. The number of carboxylic acid groups (broad SMARTS) is 1. The van der Waals surface area contributed by atoms with E-state index in [9.17, 15) is 4.79 Å². The molecule has 1 atom stereocenters. The van der Waals surface area contributed by atoms with Crippen LogP contribution >= 0.6 is 0 Å². The third kappa shape index (κ3) is 4.47. The number of hydroxylamine groups is 1. The minimum absolute atomic E-state index is 0.00686. The Kier molecular flexibility index (Phi) is 4.73. The van der Waals surface area contributed by atoms with E-state index in [1.165, 1.54) is 0 Å². The topological polar surface area (TPSA) is 137 Å². The Morgan fingerprint density at radius 2 is 2.33 bits per heavy atom. The maximum atomic E-state index is 10.3. The molecule has 0 radical (unpaired) electrons. The quantitative estimate of drug-likeness (QED) is 0.146. The average molecular weight is 178 g/mol. The lowest BCUT2D eigenvalue weighted by atomic mass is 10.2. The molecule has 0 heterocycles. The molecule has 0 saturated heterocycles. The minimum Gasteiger partial charge on any atom is -0.477 e. The van der Waals surface area contributed by atoms with Crippen LogP contribution in [-0.4, -0.2) is 34.8 Å². The molecule has 0 aliphatic carbocycles. The summed E-state index contributed by atoms with van der Waals surface area (Å²) in [5.41, 5.74) is 10.2. The lowest BCUT2D eigenvalue weighted by Gasteiger charge is -1.98. The number of carbonyl (C=O) groups is 1. The molecule has 0 aliphatic heterocycles. The third-order valence-corrected chi connectivity index (χ3v) is 1.28. The van der Waals surface area contributed by atoms with Crippen LogP contribution in [0.1, 0.15) is 6.42 Å². The van der Waals surface area contributed by atoms with E-state index in [4.69, 9.17) is 16.0 Å². The minimum atomic E-state index is -0.952. The van der Waals surface area contributed by atoms with Crippen LogP contribution in [-0.2, 0) is 4.79 Å². The predicted octanol–water partition coefficient (Wildman–Crippen LogP) is -4.55. The van der Waals surface area contributed by atoms with Crippen molar-refractivity contribution in [2.24, 2.45) is 5.73 Å². The van der Waals surface area contributed by atoms with Gasteiger partial charge in [-0.25, -0.2) is 10.0 Å². The van der Waals surface area contributed by atoms with Crippen molar-refractivity contribution in [3.8, 4) is 0 Å². The zero-order valence-electron chi connectivity index (χ0n) is 6.58. The Labute approximate surface area is 69.0 Å². The smallest absolute Gasteiger partial charge is 0.369 e. The van der Waals surface area contributed by atoms with Gasteiger partial charge in [0, 0.05) is 6.42 Å². The van der Waals surface area contributed by atoms with Gasteiger partial charge in [0.25, 0.3) is 0 Å². The van der Waals surface area contributed by atoms with Gasteiger partial charge < -0.3 is 10.8 Å². The van der Waals surface area contributed by atoms with Crippen molar-refractivity contribution in [2.75, 3.05) is 6.54 Å². The number of carboxylic acids is 1. The molecule has 0 aromatic rings. The molecule has 9 N–H and O–H groups in total. The van der Waals surface area contributed by atoms with Gasteiger partial charge in [-0.3, -0.25) is 10.7 Å². The molecule has 0 unspecified atom stereocenters. The fourth-order valence-electron chi connectivity index (χ4n) is 0.544. The van der Waals surface area contributed by atoms with Gasteiger partial charge in [0.15, 0.2) is 6.04 Å². The van der Waals surface area contributed by atoms with Crippen LogP contribution in [0.15, 0.2) is 0 Å². The van der Waals surface area contributed by atoms with Gasteiger partial charge in [0.05, 0.1) is 6.54 Å². The first-order valence-electron chi connectivity index (χ1n) is 3.40. The molecule has 70 valence electrons. The summed E-state index contributed by atoms with van der Waals surface area (Å²) in [6.07, 6.45) is 0.345. The van der Waals surface area contributed by atoms with Crippen LogP contribution in [0, 0.1) is 0 Å². The van der Waals surface area contributed by atoms with E-state index in [1.54, 1.807) is 5.48 Å². The summed E-state index contributed by atoms with van der Waals surface area (Å²) in [6, 6.07) is -0.663. The summed E-state index contributed by atoms with van der Waals surface area (Å²) >= 11 is 0. The first kappa shape index (κ1) is 10.7. The molecule has 7 nitrogen and oxygen atoms in total. The van der Waals surface area contributed by atoms with Gasteiger partial charge in [0.2, 0.25) is 0 Å². The molecule has 7 heteroatoms. The van der Waals surface area contributed by atoms with Crippen molar-refractivity contribution in [2.45, 2.75) is 12.5 Å². The van der Waals surface area contributed by atoms with Gasteiger partial charge in [-0.15, -0.1) is 5.48 Å². The monoisotopic (exact) mass is 178 g/mol. The number of guanidine groups is 1. The molecule has 0 spiro atoms. The van der Waals surface area contributed by atoms with Crippen molar-refractivity contribution < 1.29 is 25.8 Å². The zero-order valence-corrected chi connectivity index (χ0v) is 6.58. The molecule has 0 rings (SSSR count). The maximum absolute atomic E-state index is 10.3. The van der Waals surface area contributed by atoms with Crippen molar-refractivity contribution in [1.82, 2.24) is 5.48 Å². The SMILES string of the molecule is NC(NO)=[NH+]CC[C@H]([NH3+])C(=O)O. The van der Waals surface area contributed by atoms with Crippen molar-refractivity contribution in [3.05, 3.63) is 0 Å². The van der Waals surface area contributed by atoms with Crippen LogP contribution in [0.4, 0.5) is 0 Å². The third-order valence-electron chi connectivity index (χ3n) is 1.28. The summed E-state index contributed by atoms with van der Waals surface area (Å²) < 4.78 is 0. The van der Waals surface area contributed by atoms with Crippen molar-refractivity contribution in [3.63, 3.8) is 0 Å². The molecule has 0 aromatic carbocycles. The van der Waals surface area contributed by atoms with Crippen molar-refractivity contribution in [1.29, 1.82) is 0 Å². The van der Waals surface area contributed by atoms with Crippen LogP contribution in [0.5, 0.6) is 0 Å². The number of hydrogen-bond donors (Lipinski definition) is 6. The average Bonchev–Trinajstić information content (AvgIpc) is 2.03. The molecule has 0 fully saturated rings. The lowest BCUT2D eigenvalue weighted by Crippen LogP contribution is -2.80. The first-order chi connectivity index (χ1) is 5.57. The van der Waals surface area contributed by atoms with E-state index in [-0.39, 0.29) is 5.96 Å². The molecule has 0 aliphatic rings. The summed E-state index contributed by atoms with van der Waals surface area (Å²) in [5.74, 6) is -0.958. The molecule has 0 aromatic heterocycles. The Bertz CT molecular complexity index is 182. The van der Waals surface area contributed by atoms with Crippen LogP contribution in [0.2, 0.25) is 0 Å². The highest BCUT2D eigenvalue weighted by Crippen LogP contribution is 1.78. The van der Waals surface area contributed by atoms with Crippen LogP contribution in [0.3, 0.4) is 0 Å². The standard InChI is InChI=1S/C5H12N4O3/c6-3(4(10)11)1-2-8-5(7)9-12/h3,12H,1-2,6H2,(H,10,11)(H3,7,8,9)/p+2/t3-/m0/s1. The summed E-state index contributed by atoms with van der Waals surface area (Å²) in [4.78, 5) is 12.8. The summed E-state index contributed by atoms with van der Waals surface area (Å²) in [6.45, 7) is 0.347. The van der Waals surface area contributed by atoms with E-state index in [0.717, 1.165) is 0 Å². The summed E-state index contributed by atoms with van der Waals surface area (Å²) in [5, 5.41) is 16.6. The largest absolute Gasteiger partial charge is 0.477 e. The zero-order chi connectivity index (χ0) is 9.56. The van der Waals surface area contributed by atoms with Crippen LogP contribution in [0.25, 0.3) is 0 Å². The van der Waals surface area contributed by atoms with Gasteiger partial charge in [0.1, 0.15) is 0 Å². The summed E-state index contributed by atoms with van der Waals surface area (Å²) in [7, 11) is 0. The molecular formula is C5H14N4O3+2. The number of nitrogens with two attached hydrogens (primary N) is 1. The number of nitrogens with one attached hydrogen (secondary N) is 2. The molecular weight excluding hydrogens is 164 g/mol. The van der Waals surface area contributed by atoms with Crippen molar-refractivity contribution >= 4 is 11.9 Å². The van der Waals surface area contributed by atoms with Gasteiger partial charge in [-0.2, -0.15) is 0 Å². The number of rotatable bonds is 4. The Morgan fingerprint density at radius 1 is 1.75 bits per heavy atom. The molecule has 0 bridgehead atoms. The predicted molar refractivity (Wildman–Crippen MR) is 38.9 cm³/mol. The second-order valence-electron chi connectivity index (χ2n) is 2.28. The number of hydrogen-bond acceptors (Lipinski definition) is 2. The molecule has 12 heavy (non-hydrogen) atoms. The highest BCUT2D eigenvalue weighted by atomic mass is 16.5. The lowest BCUT2D eigenvalue weighted by molar-refractivity contribution is -0.481. The number of quaternary nitrogens is 1. The highest BCUT2D eigenvalue weighted by Gasteiger charge is 2.14. The Balaban J connectivity index is 3.62. The molecule has 0 saturated carbocycles. The highest BCUT2D eigenvalue weighted by molar-refractivity contribution is 5.71. The Hall–Kier alpha value is -1.34. The number of aliphatic carboxylic acids is 1.